The molecule has 0 radical (unpaired) electrons. The quantitative estimate of drug-likeness (QED) is 0.843. The number of hydrogen-bond donors (Lipinski definition) is 0. The molecule has 3 unspecified atom stereocenters. The smallest absolute Gasteiger partial charge is 0.264 e. The lowest BCUT2D eigenvalue weighted by Crippen LogP contribution is -2.43. The summed E-state index contributed by atoms with van der Waals surface area (Å²) in [6.45, 7) is 8.33. The molecule has 132 valence electrons. The van der Waals surface area contributed by atoms with Crippen molar-refractivity contribution in [3.8, 4) is 0 Å². The van der Waals surface area contributed by atoms with E-state index in [1.807, 2.05) is 6.92 Å². The number of nitrogens with zero attached hydrogens (tertiary/aromatic N) is 4. The van der Waals surface area contributed by atoms with Gasteiger partial charge in [-0.2, -0.15) is 4.68 Å². The lowest BCUT2D eigenvalue weighted by Gasteiger charge is -2.39. The molecule has 0 amide bonds. The Balaban J connectivity index is 1.71. The van der Waals surface area contributed by atoms with Gasteiger partial charge in [-0.25, -0.2) is 4.98 Å². The molecule has 4 rings (SSSR count). The molecule has 25 heavy (non-hydrogen) atoms. The summed E-state index contributed by atoms with van der Waals surface area (Å²) in [5, 5.41) is 4.85. The number of carbonyl (C=O) groups is 1. The minimum Gasteiger partial charge on any atom is -0.294 e. The van der Waals surface area contributed by atoms with Gasteiger partial charge in [0, 0.05) is 6.54 Å². The first-order valence-corrected chi connectivity index (χ1v) is 9.86. The number of likely N-dealkylation sites (tertiary alicyclic amines) is 1. The second-order valence-corrected chi connectivity index (χ2v) is 8.44. The van der Waals surface area contributed by atoms with Crippen LogP contribution in [0.5, 0.6) is 0 Å². The van der Waals surface area contributed by atoms with E-state index >= 15 is 0 Å². The predicted octanol–water partition coefficient (Wildman–Crippen LogP) is 3.48. The van der Waals surface area contributed by atoms with E-state index in [9.17, 15) is 4.79 Å². The Kier molecular flexibility index (Phi) is 4.41. The molecule has 1 aromatic heterocycles. The van der Waals surface area contributed by atoms with Crippen LogP contribution in [0.15, 0.2) is 29.4 Å². The molecule has 2 aliphatic rings. The Morgan fingerprint density at radius 1 is 1.32 bits per heavy atom. The molecule has 3 heterocycles. The zero-order valence-electron chi connectivity index (χ0n) is 15.0. The summed E-state index contributed by atoms with van der Waals surface area (Å²) in [7, 11) is 0. The maximum atomic E-state index is 13.0. The third-order valence-corrected chi connectivity index (χ3v) is 6.31. The Hall–Kier alpha value is -1.66. The maximum Gasteiger partial charge on any atom is 0.264 e. The average molecular weight is 356 g/mol. The molecule has 1 aromatic carbocycles. The minimum absolute atomic E-state index is 0.0605. The van der Waals surface area contributed by atoms with Crippen molar-refractivity contribution in [1.29, 1.82) is 0 Å². The number of fused-ring (bicyclic) bond motifs is 1. The van der Waals surface area contributed by atoms with E-state index < -0.39 is 0 Å². The summed E-state index contributed by atoms with van der Waals surface area (Å²) in [4.78, 5) is 20.0. The number of benzene rings is 1. The van der Waals surface area contributed by atoms with Crippen LogP contribution in [0.4, 0.5) is 0 Å². The van der Waals surface area contributed by atoms with Crippen molar-refractivity contribution in [2.24, 2.45) is 5.92 Å². The van der Waals surface area contributed by atoms with Gasteiger partial charge in [0.2, 0.25) is 0 Å². The van der Waals surface area contributed by atoms with E-state index in [2.05, 4.69) is 53.1 Å². The zero-order chi connectivity index (χ0) is 17.6. The first-order valence-electron chi connectivity index (χ1n) is 8.98. The average Bonchev–Trinajstić information content (AvgIpc) is 3.06. The van der Waals surface area contributed by atoms with Crippen molar-refractivity contribution in [3.05, 3.63) is 41.2 Å². The van der Waals surface area contributed by atoms with Crippen molar-refractivity contribution in [3.63, 3.8) is 0 Å². The predicted molar refractivity (Wildman–Crippen MR) is 98.9 cm³/mol. The molecule has 0 bridgehead atoms. The van der Waals surface area contributed by atoms with E-state index in [1.54, 1.807) is 11.8 Å². The van der Waals surface area contributed by atoms with Gasteiger partial charge in [-0.1, -0.05) is 48.5 Å². The Morgan fingerprint density at radius 2 is 2.16 bits per heavy atom. The van der Waals surface area contributed by atoms with Crippen LogP contribution in [0.25, 0.3) is 0 Å². The fourth-order valence-electron chi connectivity index (χ4n) is 4.01. The highest BCUT2D eigenvalue weighted by atomic mass is 32.2. The molecule has 2 aromatic rings. The number of piperidine rings is 1. The van der Waals surface area contributed by atoms with Gasteiger partial charge in [-0.3, -0.25) is 9.69 Å². The van der Waals surface area contributed by atoms with Crippen molar-refractivity contribution in [2.45, 2.75) is 50.1 Å². The fraction of sp³-hybridized carbons (Fsp3) is 0.526. The van der Waals surface area contributed by atoms with Gasteiger partial charge in [0.1, 0.15) is 11.1 Å². The van der Waals surface area contributed by atoms with Crippen molar-refractivity contribution < 1.29 is 4.79 Å². The molecular formula is C19H24N4OS. The van der Waals surface area contributed by atoms with Crippen LogP contribution < -0.4 is 0 Å². The second kappa shape index (κ2) is 6.57. The fourth-order valence-corrected chi connectivity index (χ4v) is 5.31. The normalized spacial score (nSPS) is 25.2. The van der Waals surface area contributed by atoms with Crippen LogP contribution >= 0.6 is 11.8 Å². The SMILES string of the molecule is Cc1cccc(C(C2Sc3nc(C)nn3C2=O)N2CCCC(C)C2)c1. The number of carbonyl (C=O) groups excluding carboxylic acids is 1. The van der Waals surface area contributed by atoms with Gasteiger partial charge >= 0.3 is 0 Å². The van der Waals surface area contributed by atoms with E-state index in [0.29, 0.717) is 11.7 Å². The highest BCUT2D eigenvalue weighted by molar-refractivity contribution is 8.00. The van der Waals surface area contributed by atoms with Crippen molar-refractivity contribution in [2.75, 3.05) is 13.1 Å². The molecule has 6 heteroatoms. The third kappa shape index (κ3) is 3.13. The standard InChI is InChI=1S/C19H24N4OS/c1-12-6-4-8-15(10-12)16(22-9-5-7-13(2)11-22)17-18(24)23-19(25-17)20-14(3)21-23/h4,6,8,10,13,16-17H,5,7,9,11H2,1-3H3. The van der Waals surface area contributed by atoms with Crippen molar-refractivity contribution in [1.82, 2.24) is 19.7 Å². The van der Waals surface area contributed by atoms with Crippen LogP contribution in [0, 0.1) is 19.8 Å². The van der Waals surface area contributed by atoms with E-state index in [0.717, 1.165) is 18.2 Å². The minimum atomic E-state index is -0.178. The summed E-state index contributed by atoms with van der Waals surface area (Å²) >= 11 is 1.57. The zero-order valence-corrected chi connectivity index (χ0v) is 15.8. The molecule has 2 aliphatic heterocycles. The summed E-state index contributed by atoms with van der Waals surface area (Å²) < 4.78 is 1.50. The Morgan fingerprint density at radius 3 is 2.88 bits per heavy atom. The maximum absolute atomic E-state index is 13.0. The third-order valence-electron chi connectivity index (χ3n) is 5.12. The van der Waals surface area contributed by atoms with Crippen LogP contribution in [0.2, 0.25) is 0 Å². The molecule has 1 saturated heterocycles. The summed E-state index contributed by atoms with van der Waals surface area (Å²) in [6, 6.07) is 8.65. The number of rotatable bonds is 3. The lowest BCUT2D eigenvalue weighted by atomic mass is 9.93. The lowest BCUT2D eigenvalue weighted by molar-refractivity contribution is 0.0787. The van der Waals surface area contributed by atoms with Crippen LogP contribution in [0.1, 0.15) is 47.6 Å². The van der Waals surface area contributed by atoms with E-state index in [4.69, 9.17) is 0 Å². The molecule has 3 atom stereocenters. The highest BCUT2D eigenvalue weighted by Crippen LogP contribution is 2.42. The van der Waals surface area contributed by atoms with Crippen molar-refractivity contribution >= 4 is 17.7 Å². The van der Waals surface area contributed by atoms with Crippen LogP contribution in [-0.4, -0.2) is 43.9 Å². The number of thioether (sulfide) groups is 1. The summed E-state index contributed by atoms with van der Waals surface area (Å²) in [6.07, 6.45) is 2.46. The van der Waals surface area contributed by atoms with Gasteiger partial charge in [0.15, 0.2) is 5.16 Å². The van der Waals surface area contributed by atoms with Gasteiger partial charge in [0.25, 0.3) is 5.91 Å². The first-order chi connectivity index (χ1) is 12.0. The number of aryl methyl sites for hydroxylation is 2. The summed E-state index contributed by atoms with van der Waals surface area (Å²) in [5.74, 6) is 1.39. The molecule has 0 saturated carbocycles. The highest BCUT2D eigenvalue weighted by Gasteiger charge is 2.43. The monoisotopic (exact) mass is 356 g/mol. The van der Waals surface area contributed by atoms with Gasteiger partial charge in [0.05, 0.1) is 6.04 Å². The number of aromatic nitrogens is 3. The second-order valence-electron chi connectivity index (χ2n) is 7.33. The topological polar surface area (TPSA) is 51.0 Å². The summed E-state index contributed by atoms with van der Waals surface area (Å²) in [5.41, 5.74) is 2.46. The molecule has 0 spiro atoms. The first kappa shape index (κ1) is 16.8. The van der Waals surface area contributed by atoms with Crippen LogP contribution in [-0.2, 0) is 0 Å². The van der Waals surface area contributed by atoms with Gasteiger partial charge in [-0.05, 0) is 44.7 Å². The molecule has 0 N–H and O–H groups in total. The van der Waals surface area contributed by atoms with E-state index in [-0.39, 0.29) is 17.2 Å². The molecule has 0 aliphatic carbocycles. The number of hydrogen-bond acceptors (Lipinski definition) is 5. The largest absolute Gasteiger partial charge is 0.294 e. The molecule has 1 fully saturated rings. The molecule has 5 nitrogen and oxygen atoms in total. The van der Waals surface area contributed by atoms with Gasteiger partial charge < -0.3 is 0 Å². The van der Waals surface area contributed by atoms with E-state index in [1.165, 1.54) is 28.7 Å². The van der Waals surface area contributed by atoms with Crippen LogP contribution in [0.3, 0.4) is 0 Å². The molecular weight excluding hydrogens is 332 g/mol. The Labute approximate surface area is 152 Å². The Bertz CT molecular complexity index is 802. The van der Waals surface area contributed by atoms with Gasteiger partial charge in [-0.15, -0.1) is 5.10 Å².